The summed E-state index contributed by atoms with van der Waals surface area (Å²) in [6.45, 7) is 6.55. The maximum absolute atomic E-state index is 6.05. The number of hydrogen-bond acceptors (Lipinski definition) is 3. The Balaban J connectivity index is 2.01. The lowest BCUT2D eigenvalue weighted by molar-refractivity contribution is 0.405. The van der Waals surface area contributed by atoms with E-state index in [0.717, 1.165) is 23.1 Å². The molecule has 0 fully saturated rings. The average molecular weight is 269 g/mol. The average Bonchev–Trinajstić information content (AvgIpc) is 2.90. The molecule has 20 heavy (non-hydrogen) atoms. The van der Waals surface area contributed by atoms with Crippen LogP contribution in [0, 0.1) is 5.41 Å². The number of anilines is 1. The van der Waals surface area contributed by atoms with E-state index in [0.29, 0.717) is 11.8 Å². The molecule has 5 nitrogen and oxygen atoms in total. The zero-order chi connectivity index (χ0) is 14.3. The van der Waals surface area contributed by atoms with Crippen LogP contribution in [-0.2, 0) is 6.42 Å². The van der Waals surface area contributed by atoms with Gasteiger partial charge in [0, 0.05) is 6.07 Å². The van der Waals surface area contributed by atoms with Crippen molar-refractivity contribution in [1.29, 1.82) is 0 Å². The summed E-state index contributed by atoms with van der Waals surface area (Å²) >= 11 is 0. The molecule has 2 aromatic heterocycles. The van der Waals surface area contributed by atoms with Crippen LogP contribution in [0.2, 0.25) is 0 Å². The molecule has 3 rings (SSSR count). The maximum atomic E-state index is 6.05. The third-order valence-electron chi connectivity index (χ3n) is 3.08. The van der Waals surface area contributed by atoms with Crippen LogP contribution in [0.15, 0.2) is 30.3 Å². The van der Waals surface area contributed by atoms with Gasteiger partial charge in [0.05, 0.1) is 16.7 Å². The van der Waals surface area contributed by atoms with Gasteiger partial charge in [0.2, 0.25) is 5.95 Å². The number of H-pyrrole nitrogens is 1. The summed E-state index contributed by atoms with van der Waals surface area (Å²) in [7, 11) is 0. The Morgan fingerprint density at radius 3 is 2.70 bits per heavy atom. The third kappa shape index (κ3) is 2.39. The zero-order valence-electron chi connectivity index (χ0n) is 12.0. The number of para-hydroxylation sites is 2. The normalized spacial score (nSPS) is 12.2. The fourth-order valence-corrected chi connectivity index (χ4v) is 2.29. The highest BCUT2D eigenvalue weighted by Crippen LogP contribution is 2.22. The molecule has 1 aromatic carbocycles. The molecule has 3 N–H and O–H groups in total. The summed E-state index contributed by atoms with van der Waals surface area (Å²) in [5.74, 6) is 1.26. The molecule has 0 unspecified atom stereocenters. The molecule has 104 valence electrons. The standard InChI is InChI=1S/C15H19N5/c1-15(2,3)9-10-8-13(16)20(19-10)14-17-11-6-4-5-7-12(11)18-14/h4-8H,9,16H2,1-3H3,(H,17,18). The van der Waals surface area contributed by atoms with Crippen molar-refractivity contribution in [2.24, 2.45) is 5.41 Å². The number of aromatic nitrogens is 4. The molecule has 0 aliphatic heterocycles. The topological polar surface area (TPSA) is 72.5 Å². The van der Waals surface area contributed by atoms with Crippen LogP contribution in [0.5, 0.6) is 0 Å². The summed E-state index contributed by atoms with van der Waals surface area (Å²) in [5, 5.41) is 4.56. The number of rotatable bonds is 2. The fraction of sp³-hybridized carbons (Fsp3) is 0.333. The maximum Gasteiger partial charge on any atom is 0.230 e. The van der Waals surface area contributed by atoms with E-state index in [1.165, 1.54) is 0 Å². The minimum Gasteiger partial charge on any atom is -0.383 e. The summed E-state index contributed by atoms with van der Waals surface area (Å²) < 4.78 is 1.67. The van der Waals surface area contributed by atoms with Crippen molar-refractivity contribution in [3.63, 3.8) is 0 Å². The largest absolute Gasteiger partial charge is 0.383 e. The van der Waals surface area contributed by atoms with E-state index in [9.17, 15) is 0 Å². The van der Waals surface area contributed by atoms with Crippen LogP contribution in [0.25, 0.3) is 17.0 Å². The van der Waals surface area contributed by atoms with Crippen LogP contribution in [0.1, 0.15) is 26.5 Å². The lowest BCUT2D eigenvalue weighted by Gasteiger charge is -2.15. The second-order valence-electron chi connectivity index (χ2n) is 6.29. The van der Waals surface area contributed by atoms with E-state index < -0.39 is 0 Å². The Morgan fingerprint density at radius 2 is 2.00 bits per heavy atom. The van der Waals surface area contributed by atoms with E-state index in [4.69, 9.17) is 5.73 Å². The first-order valence-electron chi connectivity index (χ1n) is 6.72. The van der Waals surface area contributed by atoms with Gasteiger partial charge in [0.25, 0.3) is 0 Å². The summed E-state index contributed by atoms with van der Waals surface area (Å²) in [5.41, 5.74) is 9.11. The quantitative estimate of drug-likeness (QED) is 0.751. The number of imidazole rings is 1. The first-order valence-corrected chi connectivity index (χ1v) is 6.72. The number of nitrogen functional groups attached to an aromatic ring is 1. The second-order valence-corrected chi connectivity index (χ2v) is 6.29. The van der Waals surface area contributed by atoms with Gasteiger partial charge in [0.15, 0.2) is 0 Å². The van der Waals surface area contributed by atoms with Gasteiger partial charge in [-0.05, 0) is 24.0 Å². The molecule has 0 radical (unpaired) electrons. The van der Waals surface area contributed by atoms with Crippen LogP contribution < -0.4 is 5.73 Å². The molecule has 0 saturated heterocycles. The Morgan fingerprint density at radius 1 is 1.25 bits per heavy atom. The molecule has 0 saturated carbocycles. The van der Waals surface area contributed by atoms with Gasteiger partial charge in [-0.25, -0.2) is 4.98 Å². The number of nitrogens with two attached hydrogens (primary N) is 1. The fourth-order valence-electron chi connectivity index (χ4n) is 2.29. The Labute approximate surface area is 117 Å². The van der Waals surface area contributed by atoms with E-state index in [2.05, 4.69) is 35.8 Å². The minimum absolute atomic E-state index is 0.180. The predicted molar refractivity (Wildman–Crippen MR) is 80.8 cm³/mol. The molecule has 0 aliphatic rings. The van der Waals surface area contributed by atoms with Crippen molar-refractivity contribution in [3.8, 4) is 5.95 Å². The van der Waals surface area contributed by atoms with Gasteiger partial charge >= 0.3 is 0 Å². The number of nitrogens with zero attached hydrogens (tertiary/aromatic N) is 3. The number of aromatic amines is 1. The summed E-state index contributed by atoms with van der Waals surface area (Å²) in [4.78, 5) is 7.76. The van der Waals surface area contributed by atoms with E-state index >= 15 is 0 Å². The third-order valence-corrected chi connectivity index (χ3v) is 3.08. The van der Waals surface area contributed by atoms with Crippen LogP contribution in [0.3, 0.4) is 0 Å². The van der Waals surface area contributed by atoms with Gasteiger partial charge in [-0.1, -0.05) is 32.9 Å². The van der Waals surface area contributed by atoms with Gasteiger partial charge < -0.3 is 10.7 Å². The molecular formula is C15H19N5. The lowest BCUT2D eigenvalue weighted by Crippen LogP contribution is -2.10. The van der Waals surface area contributed by atoms with E-state index in [-0.39, 0.29) is 5.41 Å². The number of benzene rings is 1. The van der Waals surface area contributed by atoms with Crippen molar-refractivity contribution in [2.45, 2.75) is 27.2 Å². The van der Waals surface area contributed by atoms with Crippen molar-refractivity contribution >= 4 is 16.9 Å². The van der Waals surface area contributed by atoms with Crippen molar-refractivity contribution in [1.82, 2.24) is 19.7 Å². The second kappa shape index (κ2) is 4.37. The number of hydrogen-bond donors (Lipinski definition) is 2. The Bertz CT molecular complexity index is 712. The van der Waals surface area contributed by atoms with Gasteiger partial charge in [0.1, 0.15) is 5.82 Å². The molecule has 5 heteroatoms. The highest BCUT2D eigenvalue weighted by molar-refractivity contribution is 5.76. The first kappa shape index (κ1) is 12.7. The highest BCUT2D eigenvalue weighted by Gasteiger charge is 2.16. The lowest BCUT2D eigenvalue weighted by atomic mass is 9.91. The first-order chi connectivity index (χ1) is 9.42. The molecule has 0 bridgehead atoms. The summed E-state index contributed by atoms with van der Waals surface area (Å²) in [6, 6.07) is 9.80. The monoisotopic (exact) mass is 269 g/mol. The number of fused-ring (bicyclic) bond motifs is 1. The van der Waals surface area contributed by atoms with Gasteiger partial charge in [-0.15, -0.1) is 0 Å². The summed E-state index contributed by atoms with van der Waals surface area (Å²) in [6.07, 6.45) is 0.879. The minimum atomic E-state index is 0.180. The Hall–Kier alpha value is -2.30. The van der Waals surface area contributed by atoms with Crippen LogP contribution in [0.4, 0.5) is 5.82 Å². The smallest absolute Gasteiger partial charge is 0.230 e. The number of nitrogens with one attached hydrogen (secondary N) is 1. The molecule has 3 aromatic rings. The zero-order valence-corrected chi connectivity index (χ0v) is 12.0. The molecular weight excluding hydrogens is 250 g/mol. The Kier molecular flexibility index (Phi) is 2.78. The van der Waals surface area contributed by atoms with Crippen LogP contribution >= 0.6 is 0 Å². The molecule has 0 atom stereocenters. The van der Waals surface area contributed by atoms with Crippen molar-refractivity contribution < 1.29 is 0 Å². The van der Waals surface area contributed by atoms with Crippen molar-refractivity contribution in [3.05, 3.63) is 36.0 Å². The van der Waals surface area contributed by atoms with Gasteiger partial charge in [-0.2, -0.15) is 9.78 Å². The molecule has 0 spiro atoms. The predicted octanol–water partition coefficient (Wildman–Crippen LogP) is 2.92. The van der Waals surface area contributed by atoms with Crippen molar-refractivity contribution in [2.75, 3.05) is 5.73 Å². The molecule has 2 heterocycles. The molecule has 0 aliphatic carbocycles. The molecule has 0 amide bonds. The van der Waals surface area contributed by atoms with Crippen LogP contribution in [-0.4, -0.2) is 19.7 Å². The van der Waals surface area contributed by atoms with E-state index in [1.54, 1.807) is 4.68 Å². The van der Waals surface area contributed by atoms with Gasteiger partial charge in [-0.3, -0.25) is 0 Å². The highest BCUT2D eigenvalue weighted by atomic mass is 15.4. The van der Waals surface area contributed by atoms with E-state index in [1.807, 2.05) is 30.3 Å². The SMILES string of the molecule is CC(C)(C)Cc1cc(N)n(-c2nc3ccccc3[nH]2)n1.